The highest BCUT2D eigenvalue weighted by molar-refractivity contribution is 7.99. The predicted octanol–water partition coefficient (Wildman–Crippen LogP) is 1.74. The number of carbonyl (C=O) groups excluding carboxylic acids is 2. The monoisotopic (exact) mass is 332 g/mol. The minimum absolute atomic E-state index is 0.0467. The molecule has 1 saturated carbocycles. The molecule has 3 amide bonds. The average Bonchev–Trinajstić information content (AvgIpc) is 3.23. The SMILES string of the molecule is O=C(CSc1nnc(Cc2ccccc2)o1)NC(=O)NC1CC1. The van der Waals surface area contributed by atoms with Crippen LogP contribution >= 0.6 is 11.8 Å². The van der Waals surface area contributed by atoms with Crippen molar-refractivity contribution in [3.8, 4) is 0 Å². The van der Waals surface area contributed by atoms with Gasteiger partial charge in [0.25, 0.3) is 5.22 Å². The van der Waals surface area contributed by atoms with Gasteiger partial charge in [-0.3, -0.25) is 10.1 Å². The standard InChI is InChI=1S/C15H16N4O3S/c20-12(17-14(21)16-11-6-7-11)9-23-15-19-18-13(22-15)8-10-4-2-1-3-5-10/h1-5,11H,6-9H2,(H2,16,17,20,21). The lowest BCUT2D eigenvalue weighted by Gasteiger charge is -2.03. The third-order valence-corrected chi connectivity index (χ3v) is 3.96. The molecule has 0 aliphatic heterocycles. The summed E-state index contributed by atoms with van der Waals surface area (Å²) in [5.41, 5.74) is 1.07. The highest BCUT2D eigenvalue weighted by Crippen LogP contribution is 2.19. The van der Waals surface area contributed by atoms with Crippen molar-refractivity contribution in [1.82, 2.24) is 20.8 Å². The van der Waals surface area contributed by atoms with Gasteiger partial charge >= 0.3 is 6.03 Å². The van der Waals surface area contributed by atoms with Crippen molar-refractivity contribution in [2.24, 2.45) is 0 Å². The molecule has 2 N–H and O–H groups in total. The van der Waals surface area contributed by atoms with Crippen molar-refractivity contribution in [2.75, 3.05) is 5.75 Å². The van der Waals surface area contributed by atoms with Gasteiger partial charge < -0.3 is 9.73 Å². The molecule has 1 aliphatic rings. The number of nitrogens with zero attached hydrogens (tertiary/aromatic N) is 2. The van der Waals surface area contributed by atoms with E-state index in [1.54, 1.807) is 0 Å². The lowest BCUT2D eigenvalue weighted by atomic mass is 10.2. The second-order valence-electron chi connectivity index (χ2n) is 5.21. The van der Waals surface area contributed by atoms with Crippen LogP contribution in [0.15, 0.2) is 40.0 Å². The van der Waals surface area contributed by atoms with Crippen molar-refractivity contribution in [3.05, 3.63) is 41.8 Å². The van der Waals surface area contributed by atoms with Gasteiger partial charge in [-0.15, -0.1) is 10.2 Å². The quantitative estimate of drug-likeness (QED) is 0.782. The van der Waals surface area contributed by atoms with Gasteiger partial charge in [-0.25, -0.2) is 4.79 Å². The number of carbonyl (C=O) groups is 2. The van der Waals surface area contributed by atoms with E-state index in [0.717, 1.165) is 30.2 Å². The topological polar surface area (TPSA) is 97.1 Å². The Labute approximate surface area is 137 Å². The Hall–Kier alpha value is -2.35. The molecule has 1 heterocycles. The maximum atomic E-state index is 11.6. The Morgan fingerprint density at radius 1 is 1.22 bits per heavy atom. The molecule has 0 spiro atoms. The van der Waals surface area contributed by atoms with E-state index in [9.17, 15) is 9.59 Å². The zero-order valence-corrected chi connectivity index (χ0v) is 13.1. The molecule has 0 radical (unpaired) electrons. The first-order valence-corrected chi connectivity index (χ1v) is 8.27. The molecule has 0 saturated heterocycles. The van der Waals surface area contributed by atoms with Gasteiger partial charge in [0.05, 0.1) is 12.2 Å². The molecule has 0 atom stereocenters. The molecule has 0 unspecified atom stereocenters. The normalized spacial score (nSPS) is 13.6. The van der Waals surface area contributed by atoms with Gasteiger partial charge in [-0.2, -0.15) is 0 Å². The van der Waals surface area contributed by atoms with E-state index in [1.807, 2.05) is 30.3 Å². The van der Waals surface area contributed by atoms with Crippen LogP contribution < -0.4 is 10.6 Å². The lowest BCUT2D eigenvalue weighted by molar-refractivity contribution is -0.117. The molecule has 1 aliphatic carbocycles. The molecule has 0 bridgehead atoms. The largest absolute Gasteiger partial charge is 0.416 e. The van der Waals surface area contributed by atoms with Crippen molar-refractivity contribution in [1.29, 1.82) is 0 Å². The number of imide groups is 1. The van der Waals surface area contributed by atoms with Gasteiger partial charge in [0.2, 0.25) is 11.8 Å². The van der Waals surface area contributed by atoms with Gasteiger partial charge in [-0.05, 0) is 18.4 Å². The van der Waals surface area contributed by atoms with Crippen LogP contribution in [0.2, 0.25) is 0 Å². The zero-order chi connectivity index (χ0) is 16.1. The minimum Gasteiger partial charge on any atom is -0.416 e. The molecule has 1 aromatic heterocycles. The van der Waals surface area contributed by atoms with Crippen molar-refractivity contribution in [2.45, 2.75) is 30.5 Å². The first-order valence-electron chi connectivity index (χ1n) is 7.28. The fourth-order valence-electron chi connectivity index (χ4n) is 1.88. The Morgan fingerprint density at radius 3 is 2.74 bits per heavy atom. The summed E-state index contributed by atoms with van der Waals surface area (Å²) >= 11 is 1.10. The van der Waals surface area contributed by atoms with Gasteiger partial charge in [0.15, 0.2) is 0 Å². The van der Waals surface area contributed by atoms with Crippen molar-refractivity contribution >= 4 is 23.7 Å². The van der Waals surface area contributed by atoms with Gasteiger partial charge in [0.1, 0.15) is 0 Å². The number of hydrogen-bond acceptors (Lipinski definition) is 6. The maximum absolute atomic E-state index is 11.6. The third-order valence-electron chi connectivity index (χ3n) is 3.14. The Balaban J connectivity index is 1.43. The van der Waals surface area contributed by atoms with E-state index in [1.165, 1.54) is 0 Å². The third kappa shape index (κ3) is 5.10. The number of hydrogen-bond donors (Lipinski definition) is 2. The lowest BCUT2D eigenvalue weighted by Crippen LogP contribution is -2.41. The van der Waals surface area contributed by atoms with Crippen LogP contribution in [0.4, 0.5) is 4.79 Å². The summed E-state index contributed by atoms with van der Waals surface area (Å²) in [6.07, 6.45) is 2.50. The molecule has 7 nitrogen and oxygen atoms in total. The summed E-state index contributed by atoms with van der Waals surface area (Å²) in [6, 6.07) is 9.54. The number of nitrogens with one attached hydrogen (secondary N) is 2. The van der Waals surface area contributed by atoms with Crippen LogP contribution in [0.1, 0.15) is 24.3 Å². The van der Waals surface area contributed by atoms with Crippen LogP contribution in [-0.4, -0.2) is 33.9 Å². The second kappa shape index (κ2) is 7.28. The van der Waals surface area contributed by atoms with E-state index in [0.29, 0.717) is 17.5 Å². The summed E-state index contributed by atoms with van der Waals surface area (Å²) < 4.78 is 5.48. The molecular formula is C15H16N4O3S. The number of amides is 3. The van der Waals surface area contributed by atoms with E-state index in [2.05, 4.69) is 20.8 Å². The molecular weight excluding hydrogens is 316 g/mol. The van der Waals surface area contributed by atoms with Crippen LogP contribution in [-0.2, 0) is 11.2 Å². The Morgan fingerprint density at radius 2 is 2.00 bits per heavy atom. The number of urea groups is 1. The van der Waals surface area contributed by atoms with Gasteiger partial charge in [-0.1, -0.05) is 42.1 Å². The summed E-state index contributed by atoms with van der Waals surface area (Å²) in [6.45, 7) is 0. The zero-order valence-electron chi connectivity index (χ0n) is 12.3. The molecule has 120 valence electrons. The van der Waals surface area contributed by atoms with Crippen molar-refractivity contribution < 1.29 is 14.0 Å². The van der Waals surface area contributed by atoms with Crippen LogP contribution in [0.25, 0.3) is 0 Å². The maximum Gasteiger partial charge on any atom is 0.321 e. The molecule has 1 fully saturated rings. The van der Waals surface area contributed by atoms with Crippen molar-refractivity contribution in [3.63, 3.8) is 0 Å². The molecule has 2 aromatic rings. The molecule has 23 heavy (non-hydrogen) atoms. The number of rotatable bonds is 6. The van der Waals surface area contributed by atoms with Crippen LogP contribution in [0.5, 0.6) is 0 Å². The summed E-state index contributed by atoms with van der Waals surface area (Å²) in [7, 11) is 0. The Kier molecular flexibility index (Phi) is 4.92. The average molecular weight is 332 g/mol. The number of aromatic nitrogens is 2. The number of thioether (sulfide) groups is 1. The summed E-state index contributed by atoms with van der Waals surface area (Å²) in [5, 5.41) is 13.1. The van der Waals surface area contributed by atoms with E-state index in [4.69, 9.17) is 4.42 Å². The first kappa shape index (κ1) is 15.5. The fourth-order valence-corrected chi connectivity index (χ4v) is 2.46. The fraction of sp³-hybridized carbons (Fsp3) is 0.333. The highest BCUT2D eigenvalue weighted by atomic mass is 32.2. The van der Waals surface area contributed by atoms with Crippen LogP contribution in [0, 0.1) is 0 Å². The highest BCUT2D eigenvalue weighted by Gasteiger charge is 2.24. The molecule has 3 rings (SSSR count). The van der Waals surface area contributed by atoms with Gasteiger partial charge in [0, 0.05) is 6.04 Å². The summed E-state index contributed by atoms with van der Waals surface area (Å²) in [5.74, 6) is 0.145. The van der Waals surface area contributed by atoms with E-state index in [-0.39, 0.29) is 11.8 Å². The molecule has 8 heteroatoms. The smallest absolute Gasteiger partial charge is 0.321 e. The van der Waals surface area contributed by atoms with E-state index >= 15 is 0 Å². The Bertz CT molecular complexity index is 685. The number of benzene rings is 1. The second-order valence-corrected chi connectivity index (χ2v) is 6.14. The van der Waals surface area contributed by atoms with E-state index < -0.39 is 11.9 Å². The van der Waals surface area contributed by atoms with Crippen LogP contribution in [0.3, 0.4) is 0 Å². The first-order chi connectivity index (χ1) is 11.2. The summed E-state index contributed by atoms with van der Waals surface area (Å²) in [4.78, 5) is 23.1. The minimum atomic E-state index is -0.451. The predicted molar refractivity (Wildman–Crippen MR) is 84.0 cm³/mol. The molecule has 1 aromatic carbocycles.